The standard InChI is InChI=1S/C17H18BNO5.C10H13NO2.C7H7BO4.ClH/c1-24-17(21)15(11-12-5-3-2-4-6-12)19-16(20)13-7-9-14(10-8-13)18(22)23;1-13-10(12)9(11)7-8-5-3-2-4-6-8;9-7(10)5-1-3-6(4-2-5)8(11)12;/h2-10,15,22-23H,11H2,1H3,(H,19,20);2-6,9H,7,11H2,1H3;1-4,11-12H,(H,9,10);1H. The summed E-state index contributed by atoms with van der Waals surface area (Å²) in [6, 6.07) is 28.7. The molecule has 0 aliphatic heterocycles. The first-order valence-electron chi connectivity index (χ1n) is 14.8. The van der Waals surface area contributed by atoms with Crippen molar-refractivity contribution < 1.29 is 53.9 Å². The van der Waals surface area contributed by atoms with E-state index in [4.69, 9.17) is 35.7 Å². The summed E-state index contributed by atoms with van der Waals surface area (Å²) in [4.78, 5) is 45.6. The monoisotopic (exact) mass is 708 g/mol. The molecule has 4 aromatic carbocycles. The van der Waals surface area contributed by atoms with E-state index in [0.29, 0.717) is 18.4 Å². The Hall–Kier alpha value is -5.02. The molecule has 0 bridgehead atoms. The molecule has 50 heavy (non-hydrogen) atoms. The molecule has 0 fully saturated rings. The average Bonchev–Trinajstić information content (AvgIpc) is 3.12. The Morgan fingerprint density at radius 1 is 0.640 bits per heavy atom. The van der Waals surface area contributed by atoms with Crippen LogP contribution in [0.25, 0.3) is 0 Å². The number of ether oxygens (including phenoxy) is 2. The number of rotatable bonds is 11. The van der Waals surface area contributed by atoms with Crippen LogP contribution in [0.1, 0.15) is 31.8 Å². The van der Waals surface area contributed by atoms with Crippen molar-refractivity contribution >= 4 is 61.4 Å². The fourth-order valence-corrected chi connectivity index (χ4v) is 4.13. The number of aromatic carboxylic acids is 1. The van der Waals surface area contributed by atoms with E-state index in [9.17, 15) is 19.2 Å². The van der Waals surface area contributed by atoms with E-state index in [2.05, 4.69) is 10.1 Å². The van der Waals surface area contributed by atoms with E-state index < -0.39 is 44.2 Å². The highest BCUT2D eigenvalue weighted by Gasteiger charge is 2.23. The third kappa shape index (κ3) is 15.0. The fourth-order valence-electron chi connectivity index (χ4n) is 4.13. The van der Waals surface area contributed by atoms with Crippen LogP contribution >= 0.6 is 12.4 Å². The lowest BCUT2D eigenvalue weighted by atomic mass is 9.80. The van der Waals surface area contributed by atoms with Crippen LogP contribution in [-0.4, -0.2) is 89.6 Å². The van der Waals surface area contributed by atoms with Gasteiger partial charge in [-0.25, -0.2) is 9.59 Å². The highest BCUT2D eigenvalue weighted by Crippen LogP contribution is 2.07. The number of carboxylic acids is 1. The Labute approximate surface area is 296 Å². The summed E-state index contributed by atoms with van der Waals surface area (Å²) in [6.45, 7) is 0. The van der Waals surface area contributed by atoms with Gasteiger partial charge >= 0.3 is 32.1 Å². The van der Waals surface area contributed by atoms with Gasteiger partial charge in [-0.05, 0) is 52.7 Å². The number of halogens is 1. The number of benzene rings is 4. The van der Waals surface area contributed by atoms with Crippen molar-refractivity contribution in [3.8, 4) is 0 Å². The van der Waals surface area contributed by atoms with E-state index in [0.717, 1.165) is 11.1 Å². The predicted octanol–water partition coefficient (Wildman–Crippen LogP) is 0.0963. The normalized spacial score (nSPS) is 10.9. The quantitative estimate of drug-likeness (QED) is 0.0814. The number of hydrogen-bond acceptors (Lipinski definition) is 11. The van der Waals surface area contributed by atoms with Gasteiger partial charge < -0.3 is 45.7 Å². The Bertz CT molecular complexity index is 1610. The SMILES string of the molecule is COC(=O)C(Cc1ccccc1)NC(=O)c1ccc(B(O)O)cc1.COC(=O)C(N)Cc1ccccc1.Cl.O=C(O)c1ccc(B(O)O)cc1. The molecule has 0 saturated heterocycles. The van der Waals surface area contributed by atoms with Gasteiger partial charge in [-0.3, -0.25) is 9.59 Å². The molecule has 16 heteroatoms. The lowest BCUT2D eigenvalue weighted by Crippen LogP contribution is -2.43. The van der Waals surface area contributed by atoms with Crippen LogP contribution in [0.2, 0.25) is 0 Å². The minimum Gasteiger partial charge on any atom is -0.478 e. The number of hydrogen-bond donors (Lipinski definition) is 7. The molecule has 0 radical (unpaired) electrons. The summed E-state index contributed by atoms with van der Waals surface area (Å²) in [6.07, 6.45) is 0.834. The van der Waals surface area contributed by atoms with Crippen LogP contribution in [0, 0.1) is 0 Å². The van der Waals surface area contributed by atoms with Gasteiger partial charge in [-0.1, -0.05) is 84.9 Å². The van der Waals surface area contributed by atoms with E-state index in [1.165, 1.54) is 62.8 Å². The molecule has 264 valence electrons. The fraction of sp³-hybridized carbons (Fsp3) is 0.176. The molecular formula is C34H39B2ClN2O11. The number of carbonyl (C=O) groups excluding carboxylic acids is 3. The summed E-state index contributed by atoms with van der Waals surface area (Å²) in [7, 11) is -0.534. The van der Waals surface area contributed by atoms with Crippen molar-refractivity contribution in [3.63, 3.8) is 0 Å². The minimum atomic E-state index is -1.59. The van der Waals surface area contributed by atoms with Crippen molar-refractivity contribution in [1.29, 1.82) is 0 Å². The molecule has 4 rings (SSSR count). The van der Waals surface area contributed by atoms with Gasteiger partial charge in [0.2, 0.25) is 0 Å². The second-order valence-electron chi connectivity index (χ2n) is 10.4. The van der Waals surface area contributed by atoms with E-state index in [-0.39, 0.29) is 34.9 Å². The van der Waals surface area contributed by atoms with Crippen LogP contribution in [0.5, 0.6) is 0 Å². The summed E-state index contributed by atoms with van der Waals surface area (Å²) >= 11 is 0. The highest BCUT2D eigenvalue weighted by molar-refractivity contribution is 6.59. The maximum Gasteiger partial charge on any atom is 0.488 e. The molecule has 0 saturated carbocycles. The van der Waals surface area contributed by atoms with Crippen LogP contribution in [0.4, 0.5) is 0 Å². The molecule has 0 spiro atoms. The number of methoxy groups -OCH3 is 2. The molecule has 2 atom stereocenters. The topological polar surface area (TPSA) is 226 Å². The third-order valence-electron chi connectivity index (χ3n) is 6.80. The number of carboxylic acid groups (broad SMARTS) is 1. The van der Waals surface area contributed by atoms with Gasteiger partial charge in [0.15, 0.2) is 0 Å². The molecule has 2 unspecified atom stereocenters. The first-order valence-corrected chi connectivity index (χ1v) is 14.8. The Balaban J connectivity index is 0.000000407. The molecule has 0 heterocycles. The van der Waals surface area contributed by atoms with Crippen LogP contribution < -0.4 is 22.0 Å². The van der Waals surface area contributed by atoms with E-state index in [1.54, 1.807) is 0 Å². The Morgan fingerprint density at radius 3 is 1.42 bits per heavy atom. The van der Waals surface area contributed by atoms with Gasteiger partial charge in [-0.2, -0.15) is 0 Å². The maximum atomic E-state index is 12.3. The van der Waals surface area contributed by atoms with Crippen molar-refractivity contribution in [3.05, 3.63) is 131 Å². The molecule has 4 aromatic rings. The zero-order valence-electron chi connectivity index (χ0n) is 27.3. The van der Waals surface area contributed by atoms with E-state index >= 15 is 0 Å². The predicted molar refractivity (Wildman–Crippen MR) is 190 cm³/mol. The number of nitrogens with one attached hydrogen (secondary N) is 1. The first-order chi connectivity index (χ1) is 23.4. The summed E-state index contributed by atoms with van der Waals surface area (Å²) < 4.78 is 9.27. The lowest BCUT2D eigenvalue weighted by molar-refractivity contribution is -0.143. The summed E-state index contributed by atoms with van der Waals surface area (Å²) in [5.41, 5.74) is 8.51. The number of amides is 1. The smallest absolute Gasteiger partial charge is 0.478 e. The second-order valence-corrected chi connectivity index (χ2v) is 10.4. The van der Waals surface area contributed by atoms with Crippen LogP contribution in [0.3, 0.4) is 0 Å². The van der Waals surface area contributed by atoms with Crippen molar-refractivity contribution in [2.75, 3.05) is 14.2 Å². The van der Waals surface area contributed by atoms with E-state index in [1.807, 2.05) is 60.7 Å². The summed E-state index contributed by atoms with van der Waals surface area (Å²) in [5, 5.41) is 46.6. The highest BCUT2D eigenvalue weighted by atomic mass is 35.5. The molecule has 0 aromatic heterocycles. The third-order valence-corrected chi connectivity index (χ3v) is 6.80. The maximum absolute atomic E-state index is 12.3. The van der Waals surface area contributed by atoms with Gasteiger partial charge in [-0.15, -0.1) is 12.4 Å². The van der Waals surface area contributed by atoms with Gasteiger partial charge in [0.1, 0.15) is 12.1 Å². The van der Waals surface area contributed by atoms with Gasteiger partial charge in [0, 0.05) is 12.0 Å². The Morgan fingerprint density at radius 2 is 1.04 bits per heavy atom. The molecule has 1 amide bonds. The number of nitrogens with two attached hydrogens (primary N) is 1. The second kappa shape index (κ2) is 22.6. The molecule has 0 aliphatic rings. The van der Waals surface area contributed by atoms with Crippen molar-refractivity contribution in [2.45, 2.75) is 24.9 Å². The molecule has 8 N–H and O–H groups in total. The van der Waals surface area contributed by atoms with Crippen LogP contribution in [-0.2, 0) is 31.9 Å². The van der Waals surface area contributed by atoms with Gasteiger partial charge in [0.05, 0.1) is 19.8 Å². The summed E-state index contributed by atoms with van der Waals surface area (Å²) in [5.74, 6) is -2.38. The molecule has 13 nitrogen and oxygen atoms in total. The number of carbonyl (C=O) groups is 4. The van der Waals surface area contributed by atoms with Gasteiger partial charge in [0.25, 0.3) is 5.91 Å². The first kappa shape index (κ1) is 43.0. The average molecular weight is 709 g/mol. The molecule has 0 aliphatic carbocycles. The largest absolute Gasteiger partial charge is 0.488 e. The molecular weight excluding hydrogens is 669 g/mol. The minimum absolute atomic E-state index is 0. The zero-order valence-corrected chi connectivity index (χ0v) is 28.1. The Kier molecular flexibility index (Phi) is 19.4. The van der Waals surface area contributed by atoms with Crippen molar-refractivity contribution in [1.82, 2.24) is 5.32 Å². The number of esters is 2. The van der Waals surface area contributed by atoms with Crippen molar-refractivity contribution in [2.24, 2.45) is 5.73 Å². The zero-order chi connectivity index (χ0) is 36.3. The lowest BCUT2D eigenvalue weighted by Gasteiger charge is -2.17. The van der Waals surface area contributed by atoms with Crippen LogP contribution in [0.15, 0.2) is 109 Å².